The average Bonchev–Trinajstić information content (AvgIpc) is 2.78. The molecule has 1 aliphatic carbocycles. The van der Waals surface area contributed by atoms with Crippen molar-refractivity contribution in [2.75, 3.05) is 0 Å². The molecule has 1 saturated carbocycles. The van der Waals surface area contributed by atoms with Crippen LogP contribution in [0.15, 0.2) is 18.7 Å². The largest absolute Gasteiger partial charge is 0.314 e. The Hall–Kier alpha value is -1.90. The fraction of sp³-hybridized carbons (Fsp3) is 0.474. The number of rotatable bonds is 4. The van der Waals surface area contributed by atoms with Gasteiger partial charge in [-0.05, 0) is 55.4 Å². The lowest BCUT2D eigenvalue weighted by atomic mass is 9.76. The van der Waals surface area contributed by atoms with Crippen LogP contribution in [0.5, 0.6) is 0 Å². The van der Waals surface area contributed by atoms with Crippen molar-refractivity contribution in [3.63, 3.8) is 0 Å². The number of nitrogens with zero attached hydrogens (tertiary/aromatic N) is 3. The summed E-state index contributed by atoms with van der Waals surface area (Å²) in [6, 6.07) is 4.62. The third-order valence-electron chi connectivity index (χ3n) is 4.92. The van der Waals surface area contributed by atoms with E-state index in [2.05, 4.69) is 61.3 Å². The molecule has 0 amide bonds. The Balaban J connectivity index is 2.20. The Morgan fingerprint density at radius 2 is 2.05 bits per heavy atom. The molecule has 2 aromatic rings. The van der Waals surface area contributed by atoms with Crippen LogP contribution in [0.4, 0.5) is 0 Å². The molecule has 0 spiro atoms. The van der Waals surface area contributed by atoms with Gasteiger partial charge in [0.05, 0.1) is 0 Å². The van der Waals surface area contributed by atoms with Gasteiger partial charge in [-0.1, -0.05) is 31.6 Å². The molecule has 116 valence electrons. The van der Waals surface area contributed by atoms with Crippen LogP contribution in [0.3, 0.4) is 0 Å². The number of benzene rings is 1. The van der Waals surface area contributed by atoms with Crippen LogP contribution in [-0.4, -0.2) is 14.8 Å². The van der Waals surface area contributed by atoms with Gasteiger partial charge in [-0.25, -0.2) is 0 Å². The van der Waals surface area contributed by atoms with E-state index in [4.69, 9.17) is 0 Å². The fourth-order valence-electron chi connectivity index (χ4n) is 3.34. The molecule has 1 aromatic carbocycles. The van der Waals surface area contributed by atoms with Gasteiger partial charge < -0.3 is 4.57 Å². The molecular weight excluding hydrogens is 270 g/mol. The Labute approximate surface area is 133 Å². The Morgan fingerprint density at radius 3 is 2.55 bits per heavy atom. The number of allylic oxidation sites excluding steroid dienone is 1. The summed E-state index contributed by atoms with van der Waals surface area (Å²) in [7, 11) is 2.07. The van der Waals surface area contributed by atoms with Crippen LogP contribution in [0.2, 0.25) is 0 Å². The van der Waals surface area contributed by atoms with E-state index in [9.17, 15) is 0 Å². The monoisotopic (exact) mass is 295 g/mol. The molecule has 1 fully saturated rings. The molecule has 0 radical (unpaired) electrons. The summed E-state index contributed by atoms with van der Waals surface area (Å²) >= 11 is 0. The summed E-state index contributed by atoms with van der Waals surface area (Å²) in [6.07, 6.45) is 4.82. The van der Waals surface area contributed by atoms with Gasteiger partial charge in [0.25, 0.3) is 0 Å². The van der Waals surface area contributed by atoms with E-state index in [1.165, 1.54) is 41.5 Å². The number of hydrogen-bond acceptors (Lipinski definition) is 2. The normalized spacial score (nSPS) is 14.9. The SMILES string of the molecule is C=C(C)c1cc(-c2nnc(CC)n2C)c(C2CCC2)cc1C. The molecule has 1 heterocycles. The van der Waals surface area contributed by atoms with E-state index in [1.54, 1.807) is 0 Å². The van der Waals surface area contributed by atoms with Crippen molar-refractivity contribution in [1.82, 2.24) is 14.8 Å². The van der Waals surface area contributed by atoms with Crippen molar-refractivity contribution in [2.24, 2.45) is 7.05 Å². The Kier molecular flexibility index (Phi) is 3.90. The predicted molar refractivity (Wildman–Crippen MR) is 91.9 cm³/mol. The van der Waals surface area contributed by atoms with Crippen LogP contribution in [0.1, 0.15) is 61.5 Å². The second kappa shape index (κ2) is 5.71. The van der Waals surface area contributed by atoms with E-state index >= 15 is 0 Å². The maximum Gasteiger partial charge on any atom is 0.164 e. The molecule has 22 heavy (non-hydrogen) atoms. The van der Waals surface area contributed by atoms with E-state index in [0.29, 0.717) is 5.92 Å². The van der Waals surface area contributed by atoms with E-state index < -0.39 is 0 Å². The van der Waals surface area contributed by atoms with Crippen molar-refractivity contribution in [2.45, 2.75) is 52.4 Å². The second-order valence-electron chi connectivity index (χ2n) is 6.51. The number of aromatic nitrogens is 3. The topological polar surface area (TPSA) is 30.7 Å². The first-order chi connectivity index (χ1) is 10.5. The first-order valence-corrected chi connectivity index (χ1v) is 8.22. The molecule has 1 aromatic heterocycles. The quantitative estimate of drug-likeness (QED) is 0.821. The summed E-state index contributed by atoms with van der Waals surface area (Å²) in [4.78, 5) is 0. The molecule has 3 heteroatoms. The third-order valence-corrected chi connectivity index (χ3v) is 4.92. The first kappa shape index (κ1) is 15.0. The van der Waals surface area contributed by atoms with Crippen LogP contribution in [0, 0.1) is 6.92 Å². The summed E-state index contributed by atoms with van der Waals surface area (Å²) in [6.45, 7) is 10.5. The van der Waals surface area contributed by atoms with Crippen molar-refractivity contribution in [1.29, 1.82) is 0 Å². The fourth-order valence-corrected chi connectivity index (χ4v) is 3.34. The molecule has 0 atom stereocenters. The Morgan fingerprint density at radius 1 is 1.32 bits per heavy atom. The molecule has 3 nitrogen and oxygen atoms in total. The van der Waals surface area contributed by atoms with Gasteiger partial charge in [-0.3, -0.25) is 0 Å². The highest BCUT2D eigenvalue weighted by Crippen LogP contribution is 2.42. The van der Waals surface area contributed by atoms with E-state index in [0.717, 1.165) is 23.6 Å². The maximum atomic E-state index is 4.47. The van der Waals surface area contributed by atoms with Crippen LogP contribution >= 0.6 is 0 Å². The molecule has 0 N–H and O–H groups in total. The molecule has 1 aliphatic rings. The second-order valence-corrected chi connectivity index (χ2v) is 6.51. The summed E-state index contributed by atoms with van der Waals surface area (Å²) in [5.74, 6) is 2.70. The van der Waals surface area contributed by atoms with Crippen molar-refractivity contribution >= 4 is 5.57 Å². The first-order valence-electron chi connectivity index (χ1n) is 8.22. The zero-order chi connectivity index (χ0) is 15.9. The highest BCUT2D eigenvalue weighted by atomic mass is 15.3. The minimum Gasteiger partial charge on any atom is -0.314 e. The third kappa shape index (κ3) is 2.39. The predicted octanol–water partition coefficient (Wildman–Crippen LogP) is 4.65. The van der Waals surface area contributed by atoms with Gasteiger partial charge in [0.15, 0.2) is 5.82 Å². The molecular formula is C19H25N3. The van der Waals surface area contributed by atoms with Crippen LogP contribution in [0.25, 0.3) is 17.0 Å². The van der Waals surface area contributed by atoms with Crippen molar-refractivity contribution in [3.05, 3.63) is 41.2 Å². The maximum absolute atomic E-state index is 4.47. The van der Waals surface area contributed by atoms with E-state index in [-0.39, 0.29) is 0 Å². The minimum absolute atomic E-state index is 0.676. The molecule has 0 aliphatic heterocycles. The number of hydrogen-bond donors (Lipinski definition) is 0. The summed E-state index contributed by atoms with van der Waals surface area (Å²) in [5.41, 5.74) is 6.34. The van der Waals surface area contributed by atoms with Gasteiger partial charge in [0.2, 0.25) is 0 Å². The van der Waals surface area contributed by atoms with Gasteiger partial charge in [0.1, 0.15) is 5.82 Å². The standard InChI is InChI=1S/C19H25N3/c1-6-18-20-21-19(22(18)5)17-11-15(12(2)3)13(4)10-16(17)14-8-7-9-14/h10-11,14H,2,6-9H2,1,3-5H3. The zero-order valence-electron chi connectivity index (χ0n) is 14.1. The van der Waals surface area contributed by atoms with Crippen molar-refractivity contribution in [3.8, 4) is 11.4 Å². The van der Waals surface area contributed by atoms with Crippen LogP contribution in [-0.2, 0) is 13.5 Å². The highest BCUT2D eigenvalue weighted by molar-refractivity contribution is 5.73. The lowest BCUT2D eigenvalue weighted by Crippen LogP contribution is -2.12. The zero-order valence-corrected chi connectivity index (χ0v) is 14.1. The van der Waals surface area contributed by atoms with Gasteiger partial charge in [-0.2, -0.15) is 0 Å². The Bertz CT molecular complexity index is 721. The summed E-state index contributed by atoms with van der Waals surface area (Å²) in [5, 5.41) is 8.81. The van der Waals surface area contributed by atoms with Crippen molar-refractivity contribution < 1.29 is 0 Å². The molecule has 3 rings (SSSR count). The van der Waals surface area contributed by atoms with E-state index in [1.807, 2.05) is 0 Å². The molecule has 0 unspecified atom stereocenters. The number of aryl methyl sites for hydroxylation is 2. The summed E-state index contributed by atoms with van der Waals surface area (Å²) < 4.78 is 2.13. The highest BCUT2D eigenvalue weighted by Gasteiger charge is 2.25. The van der Waals surface area contributed by atoms with Gasteiger partial charge in [0, 0.05) is 19.0 Å². The minimum atomic E-state index is 0.676. The smallest absolute Gasteiger partial charge is 0.164 e. The molecule has 0 bridgehead atoms. The van der Waals surface area contributed by atoms with Gasteiger partial charge in [-0.15, -0.1) is 10.2 Å². The average molecular weight is 295 g/mol. The lowest BCUT2D eigenvalue weighted by Gasteiger charge is -2.29. The van der Waals surface area contributed by atoms with Gasteiger partial charge >= 0.3 is 0 Å². The lowest BCUT2D eigenvalue weighted by molar-refractivity contribution is 0.420. The molecule has 0 saturated heterocycles. The van der Waals surface area contributed by atoms with Crippen LogP contribution < -0.4 is 0 Å².